The van der Waals surface area contributed by atoms with Gasteiger partial charge in [-0.3, -0.25) is 15.1 Å². The van der Waals surface area contributed by atoms with Crippen molar-refractivity contribution < 1.29 is 15.1 Å². The molecule has 2 rings (SSSR count). The monoisotopic (exact) mass is 404 g/mol. The molecule has 0 radical (unpaired) electrons. The standard InChI is InChI=1S/C21H25ClN2O4/c1-20(2,3)13-7-12(18(25)15(8-13)21(4,5)6)11-23-16-9-14(22)10-17(19(16)26)24(27)28/h7-11,25-26H,1-6H3. The van der Waals surface area contributed by atoms with Crippen LogP contribution < -0.4 is 0 Å². The molecule has 2 aromatic rings. The quantitative estimate of drug-likeness (QED) is 0.372. The van der Waals surface area contributed by atoms with Crippen LogP contribution in [0.5, 0.6) is 11.5 Å². The summed E-state index contributed by atoms with van der Waals surface area (Å²) in [7, 11) is 0. The predicted molar refractivity (Wildman–Crippen MR) is 113 cm³/mol. The summed E-state index contributed by atoms with van der Waals surface area (Å²) in [4.78, 5) is 14.5. The number of phenolic OH excluding ortho intramolecular Hbond substituents is 2. The van der Waals surface area contributed by atoms with Gasteiger partial charge in [-0.2, -0.15) is 0 Å². The number of nitrogens with zero attached hydrogens (tertiary/aromatic N) is 2. The summed E-state index contributed by atoms with van der Waals surface area (Å²) >= 11 is 5.91. The molecule has 0 amide bonds. The lowest BCUT2D eigenvalue weighted by atomic mass is 9.79. The van der Waals surface area contributed by atoms with E-state index >= 15 is 0 Å². The highest BCUT2D eigenvalue weighted by atomic mass is 35.5. The fourth-order valence-electron chi connectivity index (χ4n) is 2.71. The molecule has 0 saturated carbocycles. The number of aromatic hydroxyl groups is 2. The maximum absolute atomic E-state index is 11.1. The first-order valence-corrected chi connectivity index (χ1v) is 9.18. The number of rotatable bonds is 3. The highest BCUT2D eigenvalue weighted by Crippen LogP contribution is 2.40. The minimum absolute atomic E-state index is 0.0444. The first kappa shape index (κ1) is 21.7. The second-order valence-corrected chi connectivity index (χ2v) is 9.21. The topological polar surface area (TPSA) is 96.0 Å². The van der Waals surface area contributed by atoms with Gasteiger partial charge in [-0.15, -0.1) is 0 Å². The molecule has 0 heterocycles. The van der Waals surface area contributed by atoms with Gasteiger partial charge in [-0.25, -0.2) is 0 Å². The third-order valence-corrected chi connectivity index (χ3v) is 4.61. The Morgan fingerprint density at radius 2 is 1.61 bits per heavy atom. The second-order valence-electron chi connectivity index (χ2n) is 8.77. The average molecular weight is 405 g/mol. The Balaban J connectivity index is 2.65. The SMILES string of the molecule is CC(C)(C)c1cc(C=Nc2cc(Cl)cc([N+](=O)[O-])c2O)c(O)c(C(C)(C)C)c1. The lowest BCUT2D eigenvalue weighted by Gasteiger charge is -2.26. The van der Waals surface area contributed by atoms with E-state index in [1.807, 2.05) is 32.9 Å². The molecule has 28 heavy (non-hydrogen) atoms. The van der Waals surface area contributed by atoms with Gasteiger partial charge in [-0.05, 0) is 28.5 Å². The molecule has 0 aliphatic heterocycles. The van der Waals surface area contributed by atoms with E-state index in [4.69, 9.17) is 11.6 Å². The molecule has 0 fully saturated rings. The molecule has 7 heteroatoms. The molecular weight excluding hydrogens is 380 g/mol. The Kier molecular flexibility index (Phi) is 5.76. The second kappa shape index (κ2) is 7.43. The Bertz CT molecular complexity index is 954. The van der Waals surface area contributed by atoms with Gasteiger partial charge in [0.1, 0.15) is 11.4 Å². The molecule has 6 nitrogen and oxygen atoms in total. The Morgan fingerprint density at radius 1 is 1.00 bits per heavy atom. The number of halogens is 1. The van der Waals surface area contributed by atoms with Crippen LogP contribution in [0.4, 0.5) is 11.4 Å². The fraction of sp³-hybridized carbons (Fsp3) is 0.381. The van der Waals surface area contributed by atoms with Gasteiger partial charge in [0.25, 0.3) is 0 Å². The maximum Gasteiger partial charge on any atom is 0.314 e. The van der Waals surface area contributed by atoms with Crippen LogP contribution in [-0.4, -0.2) is 21.4 Å². The van der Waals surface area contributed by atoms with Crippen LogP contribution >= 0.6 is 11.6 Å². The van der Waals surface area contributed by atoms with Crippen molar-refractivity contribution in [3.63, 3.8) is 0 Å². The maximum atomic E-state index is 11.1. The minimum Gasteiger partial charge on any atom is -0.507 e. The van der Waals surface area contributed by atoms with Crippen molar-refractivity contribution in [3.05, 3.63) is 56.1 Å². The highest BCUT2D eigenvalue weighted by Gasteiger charge is 2.25. The molecule has 0 unspecified atom stereocenters. The van der Waals surface area contributed by atoms with Gasteiger partial charge in [-0.1, -0.05) is 59.2 Å². The normalized spacial score (nSPS) is 12.5. The zero-order chi connectivity index (χ0) is 21.4. The molecule has 0 aliphatic rings. The van der Waals surface area contributed by atoms with Crippen LogP contribution in [0.2, 0.25) is 5.02 Å². The van der Waals surface area contributed by atoms with E-state index in [2.05, 4.69) is 25.8 Å². The number of benzene rings is 2. The third-order valence-electron chi connectivity index (χ3n) is 4.39. The van der Waals surface area contributed by atoms with Crippen molar-refractivity contribution in [2.45, 2.75) is 52.4 Å². The molecule has 0 aliphatic carbocycles. The number of aliphatic imine (C=N–C) groups is 1. The van der Waals surface area contributed by atoms with Gasteiger partial charge in [0.05, 0.1) is 4.92 Å². The van der Waals surface area contributed by atoms with Gasteiger partial charge >= 0.3 is 5.69 Å². The molecule has 0 aromatic heterocycles. The first-order valence-electron chi connectivity index (χ1n) is 8.80. The lowest BCUT2D eigenvalue weighted by molar-refractivity contribution is -0.385. The van der Waals surface area contributed by atoms with E-state index in [1.54, 1.807) is 0 Å². The van der Waals surface area contributed by atoms with Gasteiger partial charge < -0.3 is 10.2 Å². The van der Waals surface area contributed by atoms with Crippen molar-refractivity contribution in [1.82, 2.24) is 0 Å². The largest absolute Gasteiger partial charge is 0.507 e. The van der Waals surface area contributed by atoms with E-state index in [9.17, 15) is 20.3 Å². The summed E-state index contributed by atoms with van der Waals surface area (Å²) in [6, 6.07) is 6.19. The number of hydrogen-bond acceptors (Lipinski definition) is 5. The van der Waals surface area contributed by atoms with Crippen molar-refractivity contribution in [2.24, 2.45) is 4.99 Å². The molecular formula is C21H25ClN2O4. The van der Waals surface area contributed by atoms with Gasteiger partial charge in [0, 0.05) is 28.4 Å². The first-order chi connectivity index (χ1) is 12.7. The summed E-state index contributed by atoms with van der Waals surface area (Å²) in [5, 5.41) is 32.0. The van der Waals surface area contributed by atoms with Gasteiger partial charge in [0.2, 0.25) is 5.75 Å². The molecule has 2 N–H and O–H groups in total. The van der Waals surface area contributed by atoms with E-state index in [-0.39, 0.29) is 27.3 Å². The zero-order valence-corrected chi connectivity index (χ0v) is 17.6. The van der Waals surface area contributed by atoms with Crippen LogP contribution in [0.1, 0.15) is 58.2 Å². The molecule has 0 saturated heterocycles. The van der Waals surface area contributed by atoms with Crippen molar-refractivity contribution in [1.29, 1.82) is 0 Å². The van der Waals surface area contributed by atoms with Crippen LogP contribution in [-0.2, 0) is 10.8 Å². The summed E-state index contributed by atoms with van der Waals surface area (Å²) < 4.78 is 0. The fourth-order valence-corrected chi connectivity index (χ4v) is 2.91. The van der Waals surface area contributed by atoms with E-state index in [0.717, 1.165) is 17.2 Å². The summed E-state index contributed by atoms with van der Waals surface area (Å²) in [6.45, 7) is 12.2. The molecule has 2 aromatic carbocycles. The molecule has 150 valence electrons. The van der Waals surface area contributed by atoms with Crippen molar-refractivity contribution >= 4 is 29.2 Å². The predicted octanol–water partition coefficient (Wildman–Crippen LogP) is 6.01. The zero-order valence-electron chi connectivity index (χ0n) is 16.9. The summed E-state index contributed by atoms with van der Waals surface area (Å²) in [6.07, 6.45) is 1.38. The Labute approximate surface area is 169 Å². The Hall–Kier alpha value is -2.60. The number of phenols is 2. The number of hydrogen-bond donors (Lipinski definition) is 2. The number of nitro benzene ring substituents is 1. The third kappa shape index (κ3) is 4.62. The van der Waals surface area contributed by atoms with E-state index < -0.39 is 16.4 Å². The molecule has 0 bridgehead atoms. The van der Waals surface area contributed by atoms with Crippen molar-refractivity contribution in [2.75, 3.05) is 0 Å². The van der Waals surface area contributed by atoms with Gasteiger partial charge in [0.15, 0.2) is 0 Å². The molecule has 0 spiro atoms. The smallest absolute Gasteiger partial charge is 0.314 e. The van der Waals surface area contributed by atoms with Crippen LogP contribution in [0.3, 0.4) is 0 Å². The molecule has 0 atom stereocenters. The highest BCUT2D eigenvalue weighted by molar-refractivity contribution is 6.31. The summed E-state index contributed by atoms with van der Waals surface area (Å²) in [5.41, 5.74) is 1.21. The summed E-state index contributed by atoms with van der Waals surface area (Å²) in [5.74, 6) is -0.492. The van der Waals surface area contributed by atoms with E-state index in [1.165, 1.54) is 12.3 Å². The number of nitro groups is 1. The average Bonchev–Trinajstić information content (AvgIpc) is 2.53. The minimum atomic E-state index is -0.727. The van der Waals surface area contributed by atoms with Crippen molar-refractivity contribution in [3.8, 4) is 11.5 Å². The van der Waals surface area contributed by atoms with E-state index in [0.29, 0.717) is 5.56 Å². The van der Waals surface area contributed by atoms with Crippen LogP contribution in [0.25, 0.3) is 0 Å². The van der Waals surface area contributed by atoms with Crippen LogP contribution in [0.15, 0.2) is 29.3 Å². The lowest BCUT2D eigenvalue weighted by Crippen LogP contribution is -2.17. The van der Waals surface area contributed by atoms with Crippen LogP contribution in [0, 0.1) is 10.1 Å². The Morgan fingerprint density at radius 3 is 2.11 bits per heavy atom.